The lowest BCUT2D eigenvalue weighted by Gasteiger charge is -2.34. The molecule has 0 N–H and O–H groups in total. The van der Waals surface area contributed by atoms with Gasteiger partial charge in [-0.1, -0.05) is 40.0 Å². The molecule has 0 rings (SSSR count). The molecule has 0 heterocycles. The van der Waals surface area contributed by atoms with Crippen LogP contribution in [0, 0.1) is 0 Å². The number of hydrogen-bond donors (Lipinski definition) is 0. The Morgan fingerprint density at radius 2 is 1.00 bits per heavy atom. The van der Waals surface area contributed by atoms with E-state index in [1.165, 1.54) is 57.0 Å². The number of rotatable bonds is 14. The van der Waals surface area contributed by atoms with E-state index < -0.39 is 16.1 Å². The van der Waals surface area contributed by atoms with Gasteiger partial charge in [-0.3, -0.25) is 0 Å². The number of unbranched alkanes of at least 4 members (excludes halogenated alkanes) is 3. The fourth-order valence-electron chi connectivity index (χ4n) is 2.91. The minimum Gasteiger partial charge on any atom is -0.375 e. The first-order chi connectivity index (χ1) is 10.1. The highest BCUT2D eigenvalue weighted by Crippen LogP contribution is 2.62. The summed E-state index contributed by atoms with van der Waals surface area (Å²) < 4.78 is 17.3. The molecule has 0 aromatic rings. The summed E-state index contributed by atoms with van der Waals surface area (Å²) in [5.41, 5.74) is 0. The van der Waals surface area contributed by atoms with Crippen molar-refractivity contribution in [3.05, 3.63) is 0 Å². The molecule has 0 aromatic heterocycles. The summed E-state index contributed by atoms with van der Waals surface area (Å²) in [5, 5.41) is 0. The van der Waals surface area contributed by atoms with E-state index in [0.29, 0.717) is 0 Å². The lowest BCUT2D eigenvalue weighted by atomic mass is 10.4. The van der Waals surface area contributed by atoms with E-state index in [1.807, 2.05) is 0 Å². The second-order valence-corrected chi connectivity index (χ2v) is 13.9. The van der Waals surface area contributed by atoms with Crippen LogP contribution in [-0.2, 0) is 13.3 Å². The molecular formula is C16H38O3PSi+. The van der Waals surface area contributed by atoms with Crippen molar-refractivity contribution in [3.8, 4) is 0 Å². The summed E-state index contributed by atoms with van der Waals surface area (Å²) in [6.07, 6.45) is 12.0. The maximum atomic E-state index is 5.75. The highest BCUT2D eigenvalue weighted by Gasteiger charge is 2.51. The Balaban J connectivity index is 5.17. The molecule has 0 aromatic carbocycles. The Hall–Kier alpha value is 0.527. The van der Waals surface area contributed by atoms with E-state index in [-0.39, 0.29) is 0 Å². The van der Waals surface area contributed by atoms with Crippen molar-refractivity contribution >= 4 is 16.1 Å². The van der Waals surface area contributed by atoms with Gasteiger partial charge in [0.05, 0.1) is 18.5 Å². The standard InChI is InChI=1S/C16H38O3PSi/c1-7-10-13-20(14-11-8-2,15-12-9-3)16-21(17-4,18-5)19-6/h7-16H2,1-6H3/q+1. The maximum Gasteiger partial charge on any atom is 0.539 e. The predicted octanol–water partition coefficient (Wildman–Crippen LogP) is 4.82. The van der Waals surface area contributed by atoms with Crippen LogP contribution in [-0.4, -0.2) is 54.4 Å². The van der Waals surface area contributed by atoms with Crippen LogP contribution in [0.1, 0.15) is 59.3 Å². The van der Waals surface area contributed by atoms with Gasteiger partial charge in [0.2, 0.25) is 0 Å². The van der Waals surface area contributed by atoms with E-state index in [0.717, 1.165) is 5.79 Å². The van der Waals surface area contributed by atoms with Gasteiger partial charge >= 0.3 is 8.80 Å². The van der Waals surface area contributed by atoms with Crippen molar-refractivity contribution in [2.24, 2.45) is 0 Å². The Morgan fingerprint density at radius 3 is 1.24 bits per heavy atom. The molecule has 21 heavy (non-hydrogen) atoms. The van der Waals surface area contributed by atoms with E-state index in [1.54, 1.807) is 21.3 Å². The zero-order valence-electron chi connectivity index (χ0n) is 15.2. The Morgan fingerprint density at radius 1 is 0.667 bits per heavy atom. The van der Waals surface area contributed by atoms with E-state index in [9.17, 15) is 0 Å². The van der Waals surface area contributed by atoms with Crippen LogP contribution in [0.4, 0.5) is 0 Å². The highest BCUT2D eigenvalue weighted by atomic mass is 31.2. The molecule has 0 amide bonds. The lowest BCUT2D eigenvalue weighted by molar-refractivity contribution is 0.130. The molecule has 0 bridgehead atoms. The molecule has 5 heteroatoms. The average molecular weight is 338 g/mol. The Labute approximate surface area is 134 Å². The quantitative estimate of drug-likeness (QED) is 0.336. The summed E-state index contributed by atoms with van der Waals surface area (Å²) in [6, 6.07) is 0. The normalized spacial score (nSPS) is 12.9. The van der Waals surface area contributed by atoms with Gasteiger partial charge in [0.1, 0.15) is 5.79 Å². The number of hydrogen-bond acceptors (Lipinski definition) is 3. The van der Waals surface area contributed by atoms with Crippen LogP contribution >= 0.6 is 7.26 Å². The molecule has 0 aliphatic carbocycles. The van der Waals surface area contributed by atoms with Crippen LogP contribution < -0.4 is 0 Å². The molecule has 0 aliphatic rings. The molecule has 0 aliphatic heterocycles. The van der Waals surface area contributed by atoms with Crippen molar-refractivity contribution in [1.29, 1.82) is 0 Å². The van der Waals surface area contributed by atoms with E-state index in [2.05, 4.69) is 20.8 Å². The molecule has 0 saturated heterocycles. The van der Waals surface area contributed by atoms with Gasteiger partial charge in [0.15, 0.2) is 0 Å². The summed E-state index contributed by atoms with van der Waals surface area (Å²) in [4.78, 5) is 0. The molecular weight excluding hydrogens is 299 g/mol. The largest absolute Gasteiger partial charge is 0.539 e. The fraction of sp³-hybridized carbons (Fsp3) is 1.00. The summed E-state index contributed by atoms with van der Waals surface area (Å²) >= 11 is 0. The molecule has 0 spiro atoms. The smallest absolute Gasteiger partial charge is 0.375 e. The molecule has 0 fully saturated rings. The van der Waals surface area contributed by atoms with Gasteiger partial charge < -0.3 is 13.3 Å². The average Bonchev–Trinajstić information content (AvgIpc) is 2.54. The van der Waals surface area contributed by atoms with Crippen molar-refractivity contribution in [2.75, 3.05) is 45.6 Å². The second-order valence-electron chi connectivity index (χ2n) is 6.03. The maximum absolute atomic E-state index is 5.75. The van der Waals surface area contributed by atoms with Crippen molar-refractivity contribution in [1.82, 2.24) is 0 Å². The molecule has 128 valence electrons. The molecule has 0 saturated carbocycles. The van der Waals surface area contributed by atoms with Crippen LogP contribution in [0.25, 0.3) is 0 Å². The molecule has 0 unspecified atom stereocenters. The van der Waals surface area contributed by atoms with Crippen LogP contribution in [0.2, 0.25) is 0 Å². The van der Waals surface area contributed by atoms with Gasteiger partial charge in [0.25, 0.3) is 0 Å². The third-order valence-corrected chi connectivity index (χ3v) is 14.3. The zero-order chi connectivity index (χ0) is 16.2. The minimum atomic E-state index is -2.45. The zero-order valence-corrected chi connectivity index (χ0v) is 17.1. The van der Waals surface area contributed by atoms with Crippen molar-refractivity contribution in [3.63, 3.8) is 0 Å². The predicted molar refractivity (Wildman–Crippen MR) is 97.9 cm³/mol. The third kappa shape index (κ3) is 7.56. The minimum absolute atomic E-state index is 1.03. The van der Waals surface area contributed by atoms with Gasteiger partial charge in [-0.05, 0) is 19.3 Å². The van der Waals surface area contributed by atoms with E-state index >= 15 is 0 Å². The van der Waals surface area contributed by atoms with Gasteiger partial charge in [-0.15, -0.1) is 0 Å². The molecule has 0 radical (unpaired) electrons. The van der Waals surface area contributed by atoms with Crippen LogP contribution in [0.5, 0.6) is 0 Å². The second kappa shape index (κ2) is 12.0. The van der Waals surface area contributed by atoms with Gasteiger partial charge in [-0.25, -0.2) is 0 Å². The van der Waals surface area contributed by atoms with Crippen molar-refractivity contribution < 1.29 is 13.3 Å². The monoisotopic (exact) mass is 337 g/mol. The Kier molecular flexibility index (Phi) is 12.3. The topological polar surface area (TPSA) is 27.7 Å². The molecule has 0 atom stereocenters. The Bertz CT molecular complexity index is 218. The first kappa shape index (κ1) is 21.5. The van der Waals surface area contributed by atoms with Gasteiger partial charge in [0, 0.05) is 28.6 Å². The first-order valence-electron chi connectivity index (χ1n) is 8.58. The summed E-state index contributed by atoms with van der Waals surface area (Å²) in [6.45, 7) is 6.88. The van der Waals surface area contributed by atoms with E-state index in [4.69, 9.17) is 13.3 Å². The first-order valence-corrected chi connectivity index (χ1v) is 13.0. The van der Waals surface area contributed by atoms with Crippen molar-refractivity contribution in [2.45, 2.75) is 59.3 Å². The van der Waals surface area contributed by atoms with Crippen LogP contribution in [0.3, 0.4) is 0 Å². The summed E-state index contributed by atoms with van der Waals surface area (Å²) in [7, 11) is 1.79. The third-order valence-electron chi connectivity index (χ3n) is 4.42. The highest BCUT2D eigenvalue weighted by molar-refractivity contribution is 7.77. The fourth-order valence-corrected chi connectivity index (χ4v) is 13.8. The van der Waals surface area contributed by atoms with Gasteiger partial charge in [-0.2, -0.15) is 0 Å². The molecule has 3 nitrogen and oxygen atoms in total. The van der Waals surface area contributed by atoms with Crippen LogP contribution in [0.15, 0.2) is 0 Å². The summed E-state index contributed by atoms with van der Waals surface area (Å²) in [5.74, 6) is 1.07. The lowest BCUT2D eigenvalue weighted by Crippen LogP contribution is -2.48. The SMILES string of the molecule is CCCC[P+](CCCC)(CCCC)C[Si](OC)(OC)OC.